The highest BCUT2D eigenvalue weighted by molar-refractivity contribution is 7.98. The zero-order valence-corrected chi connectivity index (χ0v) is 35.6. The van der Waals surface area contributed by atoms with Crippen LogP contribution in [-0.4, -0.2) is 164 Å². The number of nitrogens with zero attached hydrogens (tertiary/aromatic N) is 3. The molecule has 0 spiro atoms. The summed E-state index contributed by atoms with van der Waals surface area (Å²) >= 11 is 1.64. The van der Waals surface area contributed by atoms with Gasteiger partial charge >= 0.3 is 0 Å². The Morgan fingerprint density at radius 2 is 0.823 bits per heavy atom. The largest absolute Gasteiger partial charge is 0.454 e. The number of aliphatic hydroxyl groups excluding tert-OH is 2. The van der Waals surface area contributed by atoms with E-state index in [4.69, 9.17) is 55.8 Å². The van der Waals surface area contributed by atoms with Gasteiger partial charge < -0.3 is 70.5 Å². The average molecular weight is 885 g/mol. The fraction of sp³-hybridized carbons (Fsp3) is 0.415. The van der Waals surface area contributed by atoms with Crippen molar-refractivity contribution in [3.8, 4) is 34.5 Å². The second-order valence-electron chi connectivity index (χ2n) is 14.0. The minimum atomic E-state index is -1.01. The number of carbonyl (C=O) groups is 6. The monoisotopic (exact) mass is 884 g/mol. The quantitative estimate of drug-likeness (QED) is 0.111. The lowest BCUT2D eigenvalue weighted by molar-refractivity contribution is -0.132. The highest BCUT2D eigenvalue weighted by atomic mass is 32.2. The molecule has 0 aliphatic carbocycles. The first kappa shape index (κ1) is 48.7. The van der Waals surface area contributed by atoms with Crippen molar-refractivity contribution in [2.75, 3.05) is 86.4 Å². The Morgan fingerprint density at radius 1 is 0.532 bits per heavy atom. The number of ether oxygens (including phenoxy) is 6. The van der Waals surface area contributed by atoms with Gasteiger partial charge in [-0.3, -0.25) is 28.8 Å². The molecule has 0 fully saturated rings. The van der Waals surface area contributed by atoms with Gasteiger partial charge in [0.05, 0.1) is 38.9 Å². The van der Waals surface area contributed by atoms with E-state index >= 15 is 0 Å². The maximum absolute atomic E-state index is 12.3. The molecule has 20 nitrogen and oxygen atoms in total. The molecule has 3 aromatic carbocycles. The lowest BCUT2D eigenvalue weighted by Gasteiger charge is -2.20. The molecule has 3 heterocycles. The van der Waals surface area contributed by atoms with E-state index in [1.807, 2.05) is 6.26 Å². The number of aliphatic hydroxyl groups is 2. The van der Waals surface area contributed by atoms with Crippen LogP contribution in [0.5, 0.6) is 34.5 Å². The van der Waals surface area contributed by atoms with Crippen molar-refractivity contribution in [2.24, 2.45) is 17.2 Å². The average Bonchev–Trinajstić information content (AvgIpc) is 4.08. The minimum absolute atomic E-state index is 0.00849. The van der Waals surface area contributed by atoms with E-state index in [1.165, 1.54) is 28.8 Å². The van der Waals surface area contributed by atoms with E-state index in [1.54, 1.807) is 73.4 Å². The first-order valence-corrected chi connectivity index (χ1v) is 20.5. The summed E-state index contributed by atoms with van der Waals surface area (Å²) in [4.78, 5) is 75.6. The lowest BCUT2D eigenvalue weighted by atomic mass is 10.1. The molecule has 0 radical (unpaired) electrons. The fourth-order valence-electron chi connectivity index (χ4n) is 5.74. The number of hydrogen-bond donors (Lipinski definition) is 5. The third-order valence-electron chi connectivity index (χ3n) is 9.33. The minimum Gasteiger partial charge on any atom is -0.454 e. The predicted octanol–water partition coefficient (Wildman–Crippen LogP) is -0.111. The summed E-state index contributed by atoms with van der Waals surface area (Å²) in [6, 6.07) is 12.1. The summed E-state index contributed by atoms with van der Waals surface area (Å²) in [7, 11) is 4.51. The summed E-state index contributed by atoms with van der Waals surface area (Å²) in [5, 5.41) is 17.6. The van der Waals surface area contributed by atoms with Crippen LogP contribution in [-0.2, 0) is 14.4 Å². The Labute approximate surface area is 362 Å². The second-order valence-corrected chi connectivity index (χ2v) is 15.0. The van der Waals surface area contributed by atoms with Gasteiger partial charge in [-0.25, -0.2) is 0 Å². The predicted molar refractivity (Wildman–Crippen MR) is 225 cm³/mol. The lowest BCUT2D eigenvalue weighted by Crippen LogP contribution is -2.45. The van der Waals surface area contributed by atoms with Crippen molar-refractivity contribution in [3.63, 3.8) is 0 Å². The number of thioether (sulfide) groups is 1. The molecule has 0 bridgehead atoms. The van der Waals surface area contributed by atoms with E-state index in [0.717, 1.165) is 5.75 Å². The van der Waals surface area contributed by atoms with Crippen molar-refractivity contribution < 1.29 is 67.4 Å². The SMILES string of the molecule is CN(CC(=O)c1ccc2c(c1)OCO2)C(=O)C(N)CO.CN(CC(=O)c1ccc2c(c1)OCO2)C(=O)C(N)CO.CSCCC(N)C(=O)N(C)CC(=O)c1ccc2c(c1)OCO2. The number of amides is 3. The molecular weight excluding hydrogens is 833 g/mol. The molecule has 3 unspecified atom stereocenters. The standard InChI is InChI=1S/C15H20N2O4S.2C13H16N2O5/c1-17(15(19)11(16)5-6-22-2)8-12(18)10-3-4-13-14(7-10)21-9-20-13;2*1-15(13(18)9(14)6-16)5-10(17)8-2-3-11-12(4-8)20-7-19-11/h3-4,7,11H,5-6,8-9,16H2,1-2H3;2*2-4,9,16H,5-7,14H2,1H3. The summed E-state index contributed by atoms with van der Waals surface area (Å²) in [6.45, 7) is -0.727. The maximum atomic E-state index is 12.3. The van der Waals surface area contributed by atoms with Gasteiger partial charge in [-0.05, 0) is 73.0 Å². The molecule has 8 N–H and O–H groups in total. The summed E-state index contributed by atoms with van der Waals surface area (Å²) in [5.41, 5.74) is 18.0. The third kappa shape index (κ3) is 13.3. The van der Waals surface area contributed by atoms with Gasteiger partial charge in [0.15, 0.2) is 51.8 Å². The number of likely N-dealkylation sites (N-methyl/N-ethyl adjacent to an activating group) is 3. The van der Waals surface area contributed by atoms with Crippen LogP contribution in [0, 0.1) is 0 Å². The van der Waals surface area contributed by atoms with Crippen LogP contribution in [0.3, 0.4) is 0 Å². The topological polar surface area (TPSA) is 286 Å². The van der Waals surface area contributed by atoms with Crippen LogP contribution >= 0.6 is 11.8 Å². The molecule has 0 aromatic heterocycles. The van der Waals surface area contributed by atoms with Crippen LogP contribution < -0.4 is 45.6 Å². The van der Waals surface area contributed by atoms with Crippen molar-refractivity contribution in [2.45, 2.75) is 24.5 Å². The molecule has 3 aliphatic rings. The van der Waals surface area contributed by atoms with Crippen LogP contribution in [0.1, 0.15) is 37.5 Å². The summed E-state index contributed by atoms with van der Waals surface area (Å²) in [5.74, 6) is 2.36. The number of benzene rings is 3. The number of nitrogens with two attached hydrogens (primary N) is 3. The Balaban J connectivity index is 0.000000205. The molecule has 0 saturated carbocycles. The molecule has 3 atom stereocenters. The van der Waals surface area contributed by atoms with Gasteiger partial charge in [0, 0.05) is 37.8 Å². The van der Waals surface area contributed by atoms with Crippen molar-refractivity contribution in [3.05, 3.63) is 71.3 Å². The third-order valence-corrected chi connectivity index (χ3v) is 9.98. The molecule has 336 valence electrons. The van der Waals surface area contributed by atoms with Gasteiger partial charge in [0.25, 0.3) is 0 Å². The first-order valence-electron chi connectivity index (χ1n) is 19.1. The number of carbonyl (C=O) groups excluding carboxylic acids is 6. The molecule has 3 aromatic rings. The van der Waals surface area contributed by atoms with E-state index < -0.39 is 43.2 Å². The van der Waals surface area contributed by atoms with Gasteiger partial charge in [-0.15, -0.1) is 0 Å². The first-order chi connectivity index (χ1) is 29.6. The molecule has 6 rings (SSSR count). The van der Waals surface area contributed by atoms with Crippen molar-refractivity contribution >= 4 is 46.8 Å². The van der Waals surface area contributed by atoms with Crippen LogP contribution in [0.25, 0.3) is 0 Å². The zero-order chi connectivity index (χ0) is 45.5. The smallest absolute Gasteiger partial charge is 0.242 e. The van der Waals surface area contributed by atoms with E-state index in [2.05, 4.69) is 0 Å². The summed E-state index contributed by atoms with van der Waals surface area (Å²) < 4.78 is 31.1. The Hall–Kier alpha value is -5.97. The normalized spacial score (nSPS) is 13.9. The van der Waals surface area contributed by atoms with Gasteiger partial charge in [0.2, 0.25) is 38.1 Å². The molecular formula is C41H52N6O14S. The Bertz CT molecular complexity index is 1990. The van der Waals surface area contributed by atoms with Gasteiger partial charge in [-0.2, -0.15) is 11.8 Å². The number of rotatable bonds is 17. The highest BCUT2D eigenvalue weighted by Crippen LogP contribution is 2.34. The zero-order valence-electron chi connectivity index (χ0n) is 34.8. The fourth-order valence-corrected chi connectivity index (χ4v) is 6.23. The van der Waals surface area contributed by atoms with E-state index in [0.29, 0.717) is 57.6 Å². The van der Waals surface area contributed by atoms with E-state index in [-0.39, 0.29) is 63.3 Å². The van der Waals surface area contributed by atoms with Crippen LogP contribution in [0.4, 0.5) is 0 Å². The molecule has 0 saturated heterocycles. The van der Waals surface area contributed by atoms with Crippen LogP contribution in [0.15, 0.2) is 54.6 Å². The van der Waals surface area contributed by atoms with E-state index in [9.17, 15) is 28.8 Å². The highest BCUT2D eigenvalue weighted by Gasteiger charge is 2.25. The van der Waals surface area contributed by atoms with Gasteiger partial charge in [-0.1, -0.05) is 0 Å². The molecule has 3 aliphatic heterocycles. The molecule has 62 heavy (non-hydrogen) atoms. The number of Topliss-reactive ketones (excluding diaryl/α,β-unsaturated/α-hetero) is 3. The Kier molecular flexibility index (Phi) is 18.3. The van der Waals surface area contributed by atoms with Crippen molar-refractivity contribution in [1.82, 2.24) is 14.7 Å². The second kappa shape index (κ2) is 23.3. The molecule has 3 amide bonds. The number of hydrogen-bond acceptors (Lipinski definition) is 18. The van der Waals surface area contributed by atoms with Crippen molar-refractivity contribution in [1.29, 1.82) is 0 Å². The Morgan fingerprint density at radius 3 is 1.11 bits per heavy atom. The maximum Gasteiger partial charge on any atom is 0.242 e. The summed E-state index contributed by atoms with van der Waals surface area (Å²) in [6.07, 6.45) is 2.56. The van der Waals surface area contributed by atoms with Gasteiger partial charge in [0.1, 0.15) is 12.1 Å². The number of ketones is 3. The van der Waals surface area contributed by atoms with Crippen LogP contribution in [0.2, 0.25) is 0 Å². The number of fused-ring (bicyclic) bond motifs is 3. The molecule has 21 heteroatoms.